The first kappa shape index (κ1) is 10.4. The molecule has 2 aliphatic rings. The Labute approximate surface area is 86.6 Å². The van der Waals surface area contributed by atoms with Crippen molar-refractivity contribution >= 4 is 0 Å². The minimum absolute atomic E-state index is 0.229. The van der Waals surface area contributed by atoms with Gasteiger partial charge in [-0.1, -0.05) is 0 Å². The van der Waals surface area contributed by atoms with Gasteiger partial charge in [0.05, 0.1) is 5.60 Å². The van der Waals surface area contributed by atoms with Crippen molar-refractivity contribution in [1.82, 2.24) is 4.90 Å². The molecule has 1 spiro atoms. The van der Waals surface area contributed by atoms with Gasteiger partial charge in [-0.15, -0.1) is 0 Å². The average molecular weight is 198 g/mol. The Hall–Kier alpha value is -0.120. The molecule has 0 aromatic carbocycles. The molecule has 82 valence electrons. The molecule has 2 aliphatic heterocycles. The summed E-state index contributed by atoms with van der Waals surface area (Å²) < 4.78 is 5.96. The van der Waals surface area contributed by atoms with Crippen LogP contribution in [0.4, 0.5) is 0 Å². The van der Waals surface area contributed by atoms with Crippen LogP contribution in [-0.4, -0.2) is 43.3 Å². The summed E-state index contributed by atoms with van der Waals surface area (Å²) in [5.41, 5.74) is 5.75. The predicted molar refractivity (Wildman–Crippen MR) is 57.3 cm³/mol. The van der Waals surface area contributed by atoms with Gasteiger partial charge in [-0.25, -0.2) is 0 Å². The summed E-state index contributed by atoms with van der Waals surface area (Å²) in [7, 11) is 0. The highest BCUT2D eigenvalue weighted by Gasteiger charge is 2.39. The van der Waals surface area contributed by atoms with E-state index in [1.807, 2.05) is 0 Å². The molecule has 3 nitrogen and oxygen atoms in total. The van der Waals surface area contributed by atoms with E-state index in [0.29, 0.717) is 0 Å². The number of likely N-dealkylation sites (tertiary alicyclic amines) is 1. The van der Waals surface area contributed by atoms with Crippen molar-refractivity contribution < 1.29 is 4.74 Å². The largest absolute Gasteiger partial charge is 0.374 e. The molecule has 0 aliphatic carbocycles. The number of hydrogen-bond acceptors (Lipinski definition) is 3. The third kappa shape index (κ3) is 2.27. The molecule has 0 aromatic rings. The molecule has 2 rings (SSSR count). The van der Waals surface area contributed by atoms with E-state index in [4.69, 9.17) is 10.5 Å². The Morgan fingerprint density at radius 2 is 2.21 bits per heavy atom. The van der Waals surface area contributed by atoms with E-state index in [1.54, 1.807) is 0 Å². The van der Waals surface area contributed by atoms with Crippen molar-refractivity contribution in [3.8, 4) is 0 Å². The maximum atomic E-state index is 5.96. The van der Waals surface area contributed by atoms with Crippen LogP contribution in [0.1, 0.15) is 32.1 Å². The third-order valence-corrected chi connectivity index (χ3v) is 3.51. The number of rotatable bonds is 3. The third-order valence-electron chi connectivity index (χ3n) is 3.51. The Morgan fingerprint density at radius 3 is 2.93 bits per heavy atom. The monoisotopic (exact) mass is 198 g/mol. The Kier molecular flexibility index (Phi) is 3.42. The molecule has 2 saturated heterocycles. The zero-order valence-electron chi connectivity index (χ0n) is 9.00. The highest BCUT2D eigenvalue weighted by molar-refractivity contribution is 4.93. The zero-order valence-corrected chi connectivity index (χ0v) is 9.00. The minimum atomic E-state index is 0.229. The molecule has 0 radical (unpaired) electrons. The molecular weight excluding hydrogens is 176 g/mol. The van der Waals surface area contributed by atoms with Crippen LogP contribution in [0.2, 0.25) is 0 Å². The topological polar surface area (TPSA) is 38.5 Å². The molecule has 0 amide bonds. The van der Waals surface area contributed by atoms with Gasteiger partial charge in [-0.2, -0.15) is 0 Å². The molecule has 0 saturated carbocycles. The summed E-state index contributed by atoms with van der Waals surface area (Å²) in [6.07, 6.45) is 6.23. The van der Waals surface area contributed by atoms with E-state index < -0.39 is 0 Å². The van der Waals surface area contributed by atoms with E-state index in [9.17, 15) is 0 Å². The average Bonchev–Trinajstić information content (AvgIpc) is 2.60. The highest BCUT2D eigenvalue weighted by atomic mass is 16.5. The fourth-order valence-corrected chi connectivity index (χ4v) is 2.67. The molecule has 1 atom stereocenters. The molecule has 0 bridgehead atoms. The predicted octanol–water partition coefficient (Wildman–Crippen LogP) is 0.980. The van der Waals surface area contributed by atoms with Crippen LogP contribution in [0.3, 0.4) is 0 Å². The van der Waals surface area contributed by atoms with Crippen molar-refractivity contribution in [2.45, 2.75) is 37.7 Å². The van der Waals surface area contributed by atoms with Gasteiger partial charge in [0, 0.05) is 19.7 Å². The van der Waals surface area contributed by atoms with Crippen LogP contribution < -0.4 is 5.73 Å². The van der Waals surface area contributed by atoms with Crippen molar-refractivity contribution in [3.05, 3.63) is 0 Å². The number of nitrogens with zero attached hydrogens (tertiary/aromatic N) is 1. The maximum Gasteiger partial charge on any atom is 0.0820 e. The van der Waals surface area contributed by atoms with E-state index in [2.05, 4.69) is 4.90 Å². The summed E-state index contributed by atoms with van der Waals surface area (Å²) in [4.78, 5) is 2.51. The number of hydrogen-bond donors (Lipinski definition) is 1. The molecule has 1 unspecified atom stereocenters. The van der Waals surface area contributed by atoms with Gasteiger partial charge in [-0.3, -0.25) is 0 Å². The lowest BCUT2D eigenvalue weighted by molar-refractivity contribution is -0.0695. The molecule has 14 heavy (non-hydrogen) atoms. The Morgan fingerprint density at radius 1 is 1.29 bits per heavy atom. The maximum absolute atomic E-state index is 5.96. The van der Waals surface area contributed by atoms with E-state index in [0.717, 1.165) is 32.7 Å². The summed E-state index contributed by atoms with van der Waals surface area (Å²) in [5.74, 6) is 0. The molecule has 2 N–H and O–H groups in total. The lowest BCUT2D eigenvalue weighted by Crippen LogP contribution is -2.39. The van der Waals surface area contributed by atoms with Gasteiger partial charge in [-0.05, 0) is 45.2 Å². The smallest absolute Gasteiger partial charge is 0.0820 e. The fourth-order valence-electron chi connectivity index (χ4n) is 2.67. The quantitative estimate of drug-likeness (QED) is 0.734. The van der Waals surface area contributed by atoms with E-state index in [-0.39, 0.29) is 5.60 Å². The second-order valence-corrected chi connectivity index (χ2v) is 4.66. The van der Waals surface area contributed by atoms with Crippen molar-refractivity contribution in [3.63, 3.8) is 0 Å². The van der Waals surface area contributed by atoms with Crippen LogP contribution in [0, 0.1) is 0 Å². The second kappa shape index (κ2) is 4.60. The number of nitrogens with two attached hydrogens (primary N) is 1. The van der Waals surface area contributed by atoms with Gasteiger partial charge in [0.1, 0.15) is 0 Å². The van der Waals surface area contributed by atoms with Crippen LogP contribution in [-0.2, 0) is 4.74 Å². The molecule has 2 heterocycles. The molecular formula is C11H22N2O. The van der Waals surface area contributed by atoms with Gasteiger partial charge in [0.2, 0.25) is 0 Å². The van der Waals surface area contributed by atoms with E-state index >= 15 is 0 Å². The highest BCUT2D eigenvalue weighted by Crippen LogP contribution is 2.33. The SMILES string of the molecule is NCCCN1CCC2(CCCCO2)C1. The molecule has 2 fully saturated rings. The first-order chi connectivity index (χ1) is 6.85. The van der Waals surface area contributed by atoms with Crippen LogP contribution >= 0.6 is 0 Å². The summed E-state index contributed by atoms with van der Waals surface area (Å²) >= 11 is 0. The molecule has 3 heteroatoms. The van der Waals surface area contributed by atoms with Gasteiger partial charge in [0.15, 0.2) is 0 Å². The summed E-state index contributed by atoms with van der Waals surface area (Å²) in [5, 5.41) is 0. The summed E-state index contributed by atoms with van der Waals surface area (Å²) in [6.45, 7) is 5.30. The first-order valence-electron chi connectivity index (χ1n) is 5.91. The first-order valence-corrected chi connectivity index (χ1v) is 5.91. The second-order valence-electron chi connectivity index (χ2n) is 4.66. The Balaban J connectivity index is 1.80. The van der Waals surface area contributed by atoms with Crippen molar-refractivity contribution in [2.75, 3.05) is 32.8 Å². The van der Waals surface area contributed by atoms with E-state index in [1.165, 1.54) is 32.2 Å². The van der Waals surface area contributed by atoms with Crippen LogP contribution in [0.15, 0.2) is 0 Å². The van der Waals surface area contributed by atoms with Crippen LogP contribution in [0.5, 0.6) is 0 Å². The normalized spacial score (nSPS) is 34.1. The van der Waals surface area contributed by atoms with Gasteiger partial charge >= 0.3 is 0 Å². The lowest BCUT2D eigenvalue weighted by atomic mass is 9.93. The molecule has 0 aromatic heterocycles. The fraction of sp³-hybridized carbons (Fsp3) is 1.00. The lowest BCUT2D eigenvalue weighted by Gasteiger charge is -2.33. The van der Waals surface area contributed by atoms with Crippen LogP contribution in [0.25, 0.3) is 0 Å². The Bertz CT molecular complexity index is 178. The van der Waals surface area contributed by atoms with Crippen molar-refractivity contribution in [1.29, 1.82) is 0 Å². The zero-order chi connectivity index (χ0) is 9.86. The van der Waals surface area contributed by atoms with Gasteiger partial charge < -0.3 is 15.4 Å². The van der Waals surface area contributed by atoms with Gasteiger partial charge in [0.25, 0.3) is 0 Å². The number of ether oxygens (including phenoxy) is 1. The standard InChI is InChI=1S/C11H22N2O/c12-6-3-7-13-8-5-11(10-13)4-1-2-9-14-11/h1-10,12H2. The minimum Gasteiger partial charge on any atom is -0.374 e. The van der Waals surface area contributed by atoms with Crippen molar-refractivity contribution in [2.24, 2.45) is 5.73 Å². The summed E-state index contributed by atoms with van der Waals surface area (Å²) in [6, 6.07) is 0.